The number of likely N-dealkylation sites (N-methyl/N-ethyl adjacent to an activating group) is 1. The van der Waals surface area contributed by atoms with E-state index in [0.29, 0.717) is 6.42 Å². The highest BCUT2D eigenvalue weighted by Crippen LogP contribution is 2.13. The van der Waals surface area contributed by atoms with Gasteiger partial charge in [-0.1, -0.05) is 12.1 Å². The zero-order valence-electron chi connectivity index (χ0n) is 10.2. The number of carbonyl (C=O) groups excluding carboxylic acids is 1. The average molecular weight is 221 g/mol. The molecule has 0 atom stereocenters. The van der Waals surface area contributed by atoms with Gasteiger partial charge in [-0.3, -0.25) is 4.79 Å². The molecule has 1 aromatic carbocycles. The molecule has 1 aromatic rings. The number of rotatable bonds is 5. The third-order valence-electron chi connectivity index (χ3n) is 2.61. The summed E-state index contributed by atoms with van der Waals surface area (Å²) in [6.45, 7) is 5.51. The zero-order chi connectivity index (χ0) is 12.0. The van der Waals surface area contributed by atoms with Crippen LogP contribution in [0.15, 0.2) is 24.3 Å². The standard InChI is InChI=1S/C13H19NO2/c1-4-14(5-2)13(15)10-11-7-6-8-12(9-11)16-3/h6-9H,4-5,10H2,1-3H3. The van der Waals surface area contributed by atoms with E-state index >= 15 is 0 Å². The molecule has 3 heteroatoms. The van der Waals surface area contributed by atoms with Crippen molar-refractivity contribution in [3.05, 3.63) is 29.8 Å². The molecule has 0 unspecified atom stereocenters. The predicted octanol–water partition coefficient (Wildman–Crippen LogP) is 2.11. The number of amides is 1. The largest absolute Gasteiger partial charge is 0.497 e. The highest BCUT2D eigenvalue weighted by molar-refractivity contribution is 5.78. The van der Waals surface area contributed by atoms with Crippen LogP contribution in [-0.4, -0.2) is 31.0 Å². The van der Waals surface area contributed by atoms with Crippen LogP contribution in [0, 0.1) is 0 Å². The minimum Gasteiger partial charge on any atom is -0.497 e. The van der Waals surface area contributed by atoms with Crippen LogP contribution in [0.3, 0.4) is 0 Å². The Morgan fingerprint density at radius 2 is 2.00 bits per heavy atom. The monoisotopic (exact) mass is 221 g/mol. The van der Waals surface area contributed by atoms with Gasteiger partial charge in [-0.15, -0.1) is 0 Å². The van der Waals surface area contributed by atoms with E-state index in [0.717, 1.165) is 24.4 Å². The molecule has 0 aromatic heterocycles. The highest BCUT2D eigenvalue weighted by Gasteiger charge is 2.10. The van der Waals surface area contributed by atoms with E-state index in [-0.39, 0.29) is 5.91 Å². The second kappa shape index (κ2) is 6.16. The van der Waals surface area contributed by atoms with Gasteiger partial charge >= 0.3 is 0 Å². The van der Waals surface area contributed by atoms with Crippen molar-refractivity contribution in [2.24, 2.45) is 0 Å². The Kier molecular flexibility index (Phi) is 4.83. The van der Waals surface area contributed by atoms with E-state index < -0.39 is 0 Å². The number of ether oxygens (including phenoxy) is 1. The fourth-order valence-electron chi connectivity index (χ4n) is 1.65. The minimum atomic E-state index is 0.165. The normalized spacial score (nSPS) is 9.94. The van der Waals surface area contributed by atoms with Crippen LogP contribution >= 0.6 is 0 Å². The van der Waals surface area contributed by atoms with Gasteiger partial charge in [-0.2, -0.15) is 0 Å². The van der Waals surface area contributed by atoms with E-state index in [1.807, 2.05) is 43.0 Å². The third-order valence-corrected chi connectivity index (χ3v) is 2.61. The van der Waals surface area contributed by atoms with Gasteiger partial charge in [-0.25, -0.2) is 0 Å². The fourth-order valence-corrected chi connectivity index (χ4v) is 1.65. The zero-order valence-corrected chi connectivity index (χ0v) is 10.2. The van der Waals surface area contributed by atoms with Gasteiger partial charge in [0.2, 0.25) is 5.91 Å². The van der Waals surface area contributed by atoms with Gasteiger partial charge in [0.05, 0.1) is 13.5 Å². The first-order valence-corrected chi connectivity index (χ1v) is 5.62. The van der Waals surface area contributed by atoms with Crippen molar-refractivity contribution in [1.29, 1.82) is 0 Å². The molecule has 0 heterocycles. The van der Waals surface area contributed by atoms with Crippen LogP contribution in [0.5, 0.6) is 5.75 Å². The van der Waals surface area contributed by atoms with Crippen LogP contribution in [0.2, 0.25) is 0 Å². The molecule has 0 aliphatic carbocycles. The lowest BCUT2D eigenvalue weighted by atomic mass is 10.1. The number of benzene rings is 1. The Hall–Kier alpha value is -1.51. The molecule has 0 radical (unpaired) electrons. The number of carbonyl (C=O) groups is 1. The first-order valence-electron chi connectivity index (χ1n) is 5.62. The molecule has 3 nitrogen and oxygen atoms in total. The van der Waals surface area contributed by atoms with Crippen molar-refractivity contribution < 1.29 is 9.53 Å². The van der Waals surface area contributed by atoms with E-state index in [9.17, 15) is 4.79 Å². The molecule has 0 saturated carbocycles. The number of nitrogens with zero attached hydrogens (tertiary/aromatic N) is 1. The lowest BCUT2D eigenvalue weighted by molar-refractivity contribution is -0.130. The lowest BCUT2D eigenvalue weighted by Gasteiger charge is -2.18. The molecule has 16 heavy (non-hydrogen) atoms. The topological polar surface area (TPSA) is 29.5 Å². The van der Waals surface area contributed by atoms with Gasteiger partial charge in [-0.05, 0) is 31.5 Å². The van der Waals surface area contributed by atoms with E-state index in [1.165, 1.54) is 0 Å². The van der Waals surface area contributed by atoms with Gasteiger partial charge in [0.1, 0.15) is 5.75 Å². The number of hydrogen-bond donors (Lipinski definition) is 0. The fraction of sp³-hybridized carbons (Fsp3) is 0.462. The first-order chi connectivity index (χ1) is 7.71. The Morgan fingerprint density at radius 1 is 1.31 bits per heavy atom. The molecule has 0 spiro atoms. The number of methoxy groups -OCH3 is 1. The first kappa shape index (κ1) is 12.6. The predicted molar refractivity (Wildman–Crippen MR) is 64.6 cm³/mol. The maximum atomic E-state index is 11.9. The maximum Gasteiger partial charge on any atom is 0.226 e. The SMILES string of the molecule is CCN(CC)C(=O)Cc1cccc(OC)c1. The lowest BCUT2D eigenvalue weighted by Crippen LogP contribution is -2.31. The van der Waals surface area contributed by atoms with Gasteiger partial charge in [0.25, 0.3) is 0 Å². The highest BCUT2D eigenvalue weighted by atomic mass is 16.5. The second-order valence-electron chi connectivity index (χ2n) is 3.59. The summed E-state index contributed by atoms with van der Waals surface area (Å²) in [5.41, 5.74) is 0.997. The van der Waals surface area contributed by atoms with Gasteiger partial charge in [0.15, 0.2) is 0 Å². The summed E-state index contributed by atoms with van der Waals surface area (Å²) in [4.78, 5) is 13.7. The maximum absolute atomic E-state index is 11.9. The average Bonchev–Trinajstić information content (AvgIpc) is 2.31. The Balaban J connectivity index is 2.68. The minimum absolute atomic E-state index is 0.165. The summed E-state index contributed by atoms with van der Waals surface area (Å²) in [6.07, 6.45) is 0.443. The van der Waals surface area contributed by atoms with Crippen molar-refractivity contribution in [1.82, 2.24) is 4.90 Å². The van der Waals surface area contributed by atoms with E-state index in [2.05, 4.69) is 0 Å². The second-order valence-corrected chi connectivity index (χ2v) is 3.59. The summed E-state index contributed by atoms with van der Waals surface area (Å²) < 4.78 is 5.12. The molecule has 0 N–H and O–H groups in total. The molecule has 0 saturated heterocycles. The van der Waals surface area contributed by atoms with Crippen molar-refractivity contribution >= 4 is 5.91 Å². The summed E-state index contributed by atoms with van der Waals surface area (Å²) in [7, 11) is 1.63. The summed E-state index contributed by atoms with van der Waals surface area (Å²) in [5, 5.41) is 0. The molecule has 0 fully saturated rings. The van der Waals surface area contributed by atoms with Crippen LogP contribution in [0.25, 0.3) is 0 Å². The van der Waals surface area contributed by atoms with E-state index in [1.54, 1.807) is 7.11 Å². The van der Waals surface area contributed by atoms with Crippen molar-refractivity contribution in [2.75, 3.05) is 20.2 Å². The Labute approximate surface area is 97.0 Å². The summed E-state index contributed by atoms with van der Waals surface area (Å²) >= 11 is 0. The molecule has 0 aliphatic rings. The molecular weight excluding hydrogens is 202 g/mol. The molecule has 88 valence electrons. The number of hydrogen-bond acceptors (Lipinski definition) is 2. The summed E-state index contributed by atoms with van der Waals surface area (Å²) in [5.74, 6) is 0.961. The van der Waals surface area contributed by atoms with Crippen LogP contribution in [-0.2, 0) is 11.2 Å². The van der Waals surface area contributed by atoms with Crippen LogP contribution in [0.1, 0.15) is 19.4 Å². The van der Waals surface area contributed by atoms with Crippen molar-refractivity contribution in [3.8, 4) is 5.75 Å². The smallest absolute Gasteiger partial charge is 0.226 e. The van der Waals surface area contributed by atoms with Crippen LogP contribution in [0.4, 0.5) is 0 Å². The van der Waals surface area contributed by atoms with E-state index in [4.69, 9.17) is 4.74 Å². The third kappa shape index (κ3) is 3.26. The van der Waals surface area contributed by atoms with Crippen molar-refractivity contribution in [2.45, 2.75) is 20.3 Å². The quantitative estimate of drug-likeness (QED) is 0.762. The molecular formula is C13H19NO2. The summed E-state index contributed by atoms with van der Waals surface area (Å²) in [6, 6.07) is 7.64. The molecule has 1 amide bonds. The molecule has 0 bridgehead atoms. The van der Waals surface area contributed by atoms with Gasteiger partial charge in [0, 0.05) is 13.1 Å². The van der Waals surface area contributed by atoms with Crippen LogP contribution < -0.4 is 4.74 Å². The Bertz CT molecular complexity index is 346. The van der Waals surface area contributed by atoms with Crippen molar-refractivity contribution in [3.63, 3.8) is 0 Å². The molecule has 1 rings (SSSR count). The molecule has 0 aliphatic heterocycles. The van der Waals surface area contributed by atoms with Gasteiger partial charge < -0.3 is 9.64 Å². The Morgan fingerprint density at radius 3 is 2.56 bits per heavy atom.